The van der Waals surface area contributed by atoms with Crippen LogP contribution < -0.4 is 0 Å². The minimum atomic E-state index is -5.15. The first-order valence-electron chi connectivity index (χ1n) is 23.7. The number of alkyl halides is 15. The predicted molar refractivity (Wildman–Crippen MR) is 271 cm³/mol. The molecule has 0 aliphatic heterocycles. The van der Waals surface area contributed by atoms with E-state index in [-0.39, 0.29) is 62.5 Å². The molecule has 0 aliphatic rings. The van der Waals surface area contributed by atoms with Gasteiger partial charge in [-0.25, -0.2) is 0 Å². The molecule has 2 heterocycles. The maximum absolute atomic E-state index is 15.3. The summed E-state index contributed by atoms with van der Waals surface area (Å²) >= 11 is 0. The summed E-state index contributed by atoms with van der Waals surface area (Å²) in [7, 11) is 0. The van der Waals surface area contributed by atoms with Crippen molar-refractivity contribution in [1.29, 1.82) is 10.5 Å². The van der Waals surface area contributed by atoms with Crippen molar-refractivity contribution in [3.63, 3.8) is 0 Å². The Hall–Kier alpha value is -9.49. The molecule has 4 nitrogen and oxygen atoms in total. The molecular weight excluding hydrogens is 1070 g/mol. The van der Waals surface area contributed by atoms with Crippen molar-refractivity contribution < 1.29 is 65.9 Å². The van der Waals surface area contributed by atoms with Gasteiger partial charge < -0.3 is 9.13 Å². The Morgan fingerprint density at radius 3 is 1.20 bits per heavy atom. The molecule has 0 N–H and O–H groups in total. The molecule has 0 unspecified atom stereocenters. The number of halogens is 15. The highest BCUT2D eigenvalue weighted by Gasteiger charge is 2.39. The Kier molecular flexibility index (Phi) is 12.2. The third-order valence-electron chi connectivity index (χ3n) is 13.8. The van der Waals surface area contributed by atoms with Crippen LogP contribution in [-0.4, -0.2) is 9.13 Å². The Morgan fingerprint density at radius 1 is 0.300 bits per heavy atom. The van der Waals surface area contributed by atoms with Gasteiger partial charge in [0.2, 0.25) is 0 Å². The zero-order valence-corrected chi connectivity index (χ0v) is 40.2. The average molecular weight is 1100 g/mol. The minimum Gasteiger partial charge on any atom is -0.309 e. The third kappa shape index (κ3) is 9.27. The molecule has 11 rings (SSSR count). The molecule has 0 radical (unpaired) electrons. The van der Waals surface area contributed by atoms with Crippen LogP contribution >= 0.6 is 0 Å². The molecule has 0 fully saturated rings. The van der Waals surface area contributed by atoms with Crippen LogP contribution in [0.4, 0.5) is 65.9 Å². The van der Waals surface area contributed by atoms with Crippen molar-refractivity contribution in [3.8, 4) is 68.0 Å². The van der Waals surface area contributed by atoms with Crippen LogP contribution in [0.5, 0.6) is 0 Å². The Labute approximate surface area is 441 Å². The monoisotopic (exact) mass is 1100 g/mol. The van der Waals surface area contributed by atoms with Crippen LogP contribution in [0.3, 0.4) is 0 Å². The van der Waals surface area contributed by atoms with Crippen molar-refractivity contribution in [3.05, 3.63) is 215 Å². The fraction of sp³-hybridized carbons (Fsp3) is 0.0820. The van der Waals surface area contributed by atoms with Gasteiger partial charge in [0.25, 0.3) is 0 Å². The van der Waals surface area contributed by atoms with Gasteiger partial charge in [-0.15, -0.1) is 0 Å². The lowest BCUT2D eigenvalue weighted by molar-refractivity contribution is -0.144. The zero-order chi connectivity index (χ0) is 57.0. The summed E-state index contributed by atoms with van der Waals surface area (Å²) in [6, 6.07) is 39.7. The van der Waals surface area contributed by atoms with Gasteiger partial charge in [0.15, 0.2) is 0 Å². The number of hydrogen-bond donors (Lipinski definition) is 0. The summed E-state index contributed by atoms with van der Waals surface area (Å²) in [5.74, 6) is 0. The summed E-state index contributed by atoms with van der Waals surface area (Å²) in [5, 5.41) is 21.7. The second-order valence-electron chi connectivity index (χ2n) is 18.7. The van der Waals surface area contributed by atoms with E-state index in [1.54, 1.807) is 63.7 Å². The highest BCUT2D eigenvalue weighted by Crippen LogP contribution is 2.48. The van der Waals surface area contributed by atoms with E-state index in [4.69, 9.17) is 0 Å². The molecule has 0 atom stereocenters. The van der Waals surface area contributed by atoms with E-state index in [1.807, 2.05) is 0 Å². The van der Waals surface area contributed by atoms with E-state index in [2.05, 4.69) is 6.07 Å². The molecule has 80 heavy (non-hydrogen) atoms. The van der Waals surface area contributed by atoms with E-state index in [0.717, 1.165) is 6.07 Å². The summed E-state index contributed by atoms with van der Waals surface area (Å²) in [4.78, 5) is 0. The van der Waals surface area contributed by atoms with Crippen LogP contribution in [0.25, 0.3) is 99.5 Å². The predicted octanol–water partition coefficient (Wildman–Crippen LogP) is 19.4. The number of hydrogen-bond acceptors (Lipinski definition) is 2. The van der Waals surface area contributed by atoms with Gasteiger partial charge in [-0.3, -0.25) is 0 Å². The standard InChI is InChI=1S/C61H29F15N4/c62-57(63,64)38-21-36(22-39(27-38)58(65,66)67)34-11-17-54-49(25-34)45-5-1-3-7-52(45)79(54)42-13-15-43(44-14-9-33(31-78)20-51(44)61(74,75)76)47(29-42)48-19-32(30-77)10-16-55(48)80-53-8-4-2-6-46(53)50-26-35(12-18-56(50)80)37-23-40(59(68,69)70)28-41(24-37)60(71,72)73/h1-29H. The Balaban J connectivity index is 1.18. The quantitative estimate of drug-likeness (QED) is 0.156. The summed E-state index contributed by atoms with van der Waals surface area (Å²) in [6.45, 7) is 0. The van der Waals surface area contributed by atoms with Crippen molar-refractivity contribution in [2.24, 2.45) is 0 Å². The summed E-state index contributed by atoms with van der Waals surface area (Å²) in [6.07, 6.45) is -25.6. The van der Waals surface area contributed by atoms with E-state index >= 15 is 13.2 Å². The SMILES string of the molecule is N#Cc1ccc(-n2c3ccccc3c3cc(-c4cc(C(F)(F)F)cc(C(F)(F)F)c4)ccc32)c(-c2cc(-n3c4ccccc4c4cc(-c5cc(C(F)(F)F)cc(C(F)(F)F)c5)ccc43)ccc2-c2ccc(C#N)cc2C(F)(F)F)c1. The number of para-hydroxylation sites is 2. The first kappa shape index (κ1) is 52.6. The van der Waals surface area contributed by atoms with E-state index in [0.29, 0.717) is 73.9 Å². The van der Waals surface area contributed by atoms with Gasteiger partial charge in [0.05, 0.1) is 78.8 Å². The molecule has 0 aliphatic carbocycles. The van der Waals surface area contributed by atoms with Crippen molar-refractivity contribution >= 4 is 43.6 Å². The lowest BCUT2D eigenvalue weighted by Gasteiger charge is -2.21. The molecule has 2 aromatic heterocycles. The van der Waals surface area contributed by atoms with Crippen molar-refractivity contribution in [1.82, 2.24) is 9.13 Å². The van der Waals surface area contributed by atoms with E-state index in [9.17, 15) is 63.2 Å². The van der Waals surface area contributed by atoms with Crippen LogP contribution in [0.1, 0.15) is 38.9 Å². The second-order valence-corrected chi connectivity index (χ2v) is 18.7. The fourth-order valence-corrected chi connectivity index (χ4v) is 10.3. The molecule has 0 saturated heterocycles. The average Bonchev–Trinajstić information content (AvgIpc) is 3.94. The lowest BCUT2D eigenvalue weighted by atomic mass is 9.89. The van der Waals surface area contributed by atoms with E-state index < -0.39 is 75.4 Å². The minimum absolute atomic E-state index is 0.00863. The van der Waals surface area contributed by atoms with Gasteiger partial charge in [0.1, 0.15) is 0 Å². The normalized spacial score (nSPS) is 12.7. The maximum atomic E-state index is 15.3. The zero-order valence-electron chi connectivity index (χ0n) is 40.2. The first-order valence-corrected chi connectivity index (χ1v) is 23.7. The number of benzene rings is 9. The number of nitrogens with zero attached hydrogens (tertiary/aromatic N) is 4. The molecule has 19 heteroatoms. The molecule has 0 amide bonds. The molecule has 11 aromatic rings. The highest BCUT2D eigenvalue weighted by atomic mass is 19.4. The van der Waals surface area contributed by atoms with Gasteiger partial charge >= 0.3 is 30.9 Å². The van der Waals surface area contributed by atoms with Crippen molar-refractivity contribution in [2.45, 2.75) is 30.9 Å². The summed E-state index contributed by atoms with van der Waals surface area (Å²) in [5.41, 5.74) is -6.69. The molecule has 9 aromatic carbocycles. The van der Waals surface area contributed by atoms with Gasteiger partial charge in [-0.1, -0.05) is 60.7 Å². The Morgan fingerprint density at radius 2 is 0.725 bits per heavy atom. The summed E-state index contributed by atoms with van der Waals surface area (Å²) < 4.78 is 218. The van der Waals surface area contributed by atoms with Crippen LogP contribution in [0, 0.1) is 22.7 Å². The largest absolute Gasteiger partial charge is 0.417 e. The second kappa shape index (κ2) is 18.6. The highest BCUT2D eigenvalue weighted by molar-refractivity contribution is 6.12. The first-order chi connectivity index (χ1) is 37.7. The third-order valence-corrected chi connectivity index (χ3v) is 13.8. The molecule has 0 bridgehead atoms. The smallest absolute Gasteiger partial charge is 0.309 e. The Bertz CT molecular complexity index is 4370. The van der Waals surface area contributed by atoms with Gasteiger partial charge in [-0.05, 0) is 154 Å². The number of nitriles is 2. The molecule has 398 valence electrons. The number of rotatable bonds is 6. The van der Waals surface area contributed by atoms with Gasteiger partial charge in [0, 0.05) is 32.8 Å². The maximum Gasteiger partial charge on any atom is 0.417 e. The number of fused-ring (bicyclic) bond motifs is 6. The van der Waals surface area contributed by atoms with Crippen molar-refractivity contribution in [2.75, 3.05) is 0 Å². The molecule has 0 saturated carbocycles. The van der Waals surface area contributed by atoms with E-state index in [1.165, 1.54) is 78.9 Å². The van der Waals surface area contributed by atoms with Crippen LogP contribution in [0.15, 0.2) is 176 Å². The molecular formula is C61H29F15N4. The van der Waals surface area contributed by atoms with Crippen LogP contribution in [-0.2, 0) is 30.9 Å². The van der Waals surface area contributed by atoms with Gasteiger partial charge in [-0.2, -0.15) is 76.4 Å². The lowest BCUT2D eigenvalue weighted by Crippen LogP contribution is -2.11. The topological polar surface area (TPSA) is 57.4 Å². The molecule has 0 spiro atoms. The van der Waals surface area contributed by atoms with Crippen LogP contribution in [0.2, 0.25) is 0 Å². The fourth-order valence-electron chi connectivity index (χ4n) is 10.3. The number of aromatic nitrogens is 2.